The molecule has 56 valence electrons. The molecule has 0 aromatic carbocycles. The number of oxime groups is 1. The van der Waals surface area contributed by atoms with Gasteiger partial charge in [0.1, 0.15) is 5.71 Å². The summed E-state index contributed by atoms with van der Waals surface area (Å²) in [4.78, 5) is 5.03. The fraction of sp³-hybridized carbons (Fsp3) is 0.286. The van der Waals surface area contributed by atoms with Crippen molar-refractivity contribution in [2.24, 2.45) is 5.16 Å². The van der Waals surface area contributed by atoms with E-state index in [1.165, 1.54) is 0 Å². The van der Waals surface area contributed by atoms with Gasteiger partial charge in [0, 0.05) is 0 Å². The molecule has 0 N–H and O–H groups in total. The van der Waals surface area contributed by atoms with Gasteiger partial charge in [0.15, 0.2) is 11.5 Å². The minimum Gasteiger partial charge on any atom is -0.453 e. The molecular weight excluding hydrogens is 146 g/mol. The number of ether oxygens (including phenoxy) is 2. The lowest BCUT2D eigenvalue weighted by molar-refractivity contribution is 0.0370. The topological polar surface area (TPSA) is 40.0 Å². The Balaban J connectivity index is 2.17. The zero-order valence-electron chi connectivity index (χ0n) is 5.61. The molecule has 3 heterocycles. The maximum absolute atomic E-state index is 5.19. The summed E-state index contributed by atoms with van der Waals surface area (Å²) in [7, 11) is 0. The summed E-state index contributed by atoms with van der Waals surface area (Å²) in [5, 5.41) is 3.81. The fourth-order valence-corrected chi connectivity index (χ4v) is 1.31. The van der Waals surface area contributed by atoms with Crippen molar-refractivity contribution in [2.75, 3.05) is 6.79 Å². The Morgan fingerprint density at radius 2 is 2.45 bits per heavy atom. The molecule has 0 saturated carbocycles. The number of hydrogen-bond donors (Lipinski definition) is 0. The second-order valence-electron chi connectivity index (χ2n) is 2.46. The van der Waals surface area contributed by atoms with Crippen molar-refractivity contribution in [3.05, 3.63) is 23.7 Å². The summed E-state index contributed by atoms with van der Waals surface area (Å²) in [6.45, 7) is 0.283. The second-order valence-corrected chi connectivity index (χ2v) is 2.46. The Morgan fingerprint density at radius 3 is 3.18 bits per heavy atom. The average molecular weight is 151 g/mol. The highest BCUT2D eigenvalue weighted by molar-refractivity contribution is 6.08. The summed E-state index contributed by atoms with van der Waals surface area (Å²) in [6.07, 6.45) is 3.61. The first-order chi connectivity index (χ1) is 5.45. The molecule has 4 nitrogen and oxygen atoms in total. The van der Waals surface area contributed by atoms with Gasteiger partial charge in [-0.1, -0.05) is 5.16 Å². The number of hydrogen-bond acceptors (Lipinski definition) is 4. The predicted molar refractivity (Wildman–Crippen MR) is 35.5 cm³/mol. The molecule has 0 aromatic heterocycles. The standard InChI is InChI=1S/C7H5NO3/c1-2-5-7-6(9-3-10-7)4(1)8-11-5/h1-2,5H,3H2. The number of nitrogens with zero attached hydrogens (tertiary/aromatic N) is 1. The molecule has 0 radical (unpaired) electrons. The minimum atomic E-state index is -0.162. The van der Waals surface area contributed by atoms with Crippen molar-refractivity contribution in [1.29, 1.82) is 0 Å². The first kappa shape index (κ1) is 5.23. The minimum absolute atomic E-state index is 0.162. The molecule has 1 unspecified atom stereocenters. The maximum Gasteiger partial charge on any atom is 0.231 e. The van der Waals surface area contributed by atoms with Gasteiger partial charge in [0.25, 0.3) is 0 Å². The van der Waals surface area contributed by atoms with Crippen LogP contribution in [-0.4, -0.2) is 18.6 Å². The third-order valence-electron chi connectivity index (χ3n) is 1.83. The number of allylic oxidation sites excluding steroid dienone is 1. The van der Waals surface area contributed by atoms with Crippen LogP contribution in [0.3, 0.4) is 0 Å². The molecule has 11 heavy (non-hydrogen) atoms. The highest BCUT2D eigenvalue weighted by Crippen LogP contribution is 2.31. The van der Waals surface area contributed by atoms with Crippen molar-refractivity contribution in [3.8, 4) is 0 Å². The van der Waals surface area contributed by atoms with Crippen molar-refractivity contribution < 1.29 is 14.3 Å². The van der Waals surface area contributed by atoms with Crippen LogP contribution >= 0.6 is 0 Å². The van der Waals surface area contributed by atoms with E-state index in [1.807, 2.05) is 12.2 Å². The Bertz CT molecular complexity index is 303. The summed E-state index contributed by atoms with van der Waals surface area (Å²) >= 11 is 0. The summed E-state index contributed by atoms with van der Waals surface area (Å²) in [5.74, 6) is 1.50. The SMILES string of the molecule is C1=CC2ON=C1C1=C2OCO1. The van der Waals surface area contributed by atoms with E-state index < -0.39 is 0 Å². The highest BCUT2D eigenvalue weighted by Gasteiger charge is 2.36. The van der Waals surface area contributed by atoms with Crippen LogP contribution in [0.25, 0.3) is 0 Å². The molecule has 4 aliphatic rings. The normalized spacial score (nSPS) is 30.5. The third-order valence-corrected chi connectivity index (χ3v) is 1.83. The molecule has 0 aromatic rings. The Kier molecular flexibility index (Phi) is 0.753. The lowest BCUT2D eigenvalue weighted by Crippen LogP contribution is -2.24. The Morgan fingerprint density at radius 1 is 1.45 bits per heavy atom. The van der Waals surface area contributed by atoms with Gasteiger partial charge in [-0.3, -0.25) is 0 Å². The van der Waals surface area contributed by atoms with E-state index in [0.717, 1.165) is 17.2 Å². The molecule has 1 atom stereocenters. The van der Waals surface area contributed by atoms with Crippen LogP contribution in [0.5, 0.6) is 0 Å². The zero-order chi connectivity index (χ0) is 7.26. The van der Waals surface area contributed by atoms with Crippen molar-refractivity contribution in [3.63, 3.8) is 0 Å². The molecule has 3 aliphatic heterocycles. The molecule has 0 saturated heterocycles. The summed E-state index contributed by atoms with van der Waals surface area (Å²) in [6, 6.07) is 0. The number of rotatable bonds is 0. The third kappa shape index (κ3) is 0.520. The van der Waals surface area contributed by atoms with Gasteiger partial charge in [-0.2, -0.15) is 0 Å². The van der Waals surface area contributed by atoms with Crippen LogP contribution in [-0.2, 0) is 14.3 Å². The molecular formula is C7H5NO3. The van der Waals surface area contributed by atoms with Crippen molar-refractivity contribution in [1.82, 2.24) is 0 Å². The second kappa shape index (κ2) is 1.58. The number of fused-ring (bicyclic) bond motifs is 1. The molecule has 0 amide bonds. The van der Waals surface area contributed by atoms with Crippen LogP contribution < -0.4 is 0 Å². The van der Waals surface area contributed by atoms with Gasteiger partial charge in [-0.05, 0) is 12.2 Å². The largest absolute Gasteiger partial charge is 0.453 e. The van der Waals surface area contributed by atoms with Crippen molar-refractivity contribution in [2.45, 2.75) is 6.10 Å². The summed E-state index contributed by atoms with van der Waals surface area (Å²) < 4.78 is 10.4. The van der Waals surface area contributed by atoms with E-state index in [2.05, 4.69) is 5.16 Å². The van der Waals surface area contributed by atoms with Gasteiger partial charge >= 0.3 is 0 Å². The Labute approximate surface area is 62.7 Å². The van der Waals surface area contributed by atoms with Crippen LogP contribution in [0.4, 0.5) is 0 Å². The molecule has 1 aliphatic carbocycles. The van der Waals surface area contributed by atoms with E-state index in [9.17, 15) is 0 Å². The van der Waals surface area contributed by atoms with E-state index in [4.69, 9.17) is 14.3 Å². The lowest BCUT2D eigenvalue weighted by atomic mass is 10.1. The van der Waals surface area contributed by atoms with Gasteiger partial charge in [0.05, 0.1) is 0 Å². The smallest absolute Gasteiger partial charge is 0.231 e. The first-order valence-corrected chi connectivity index (χ1v) is 3.37. The van der Waals surface area contributed by atoms with Crippen LogP contribution in [0.1, 0.15) is 0 Å². The quantitative estimate of drug-likeness (QED) is 0.507. The van der Waals surface area contributed by atoms with Gasteiger partial charge < -0.3 is 14.3 Å². The van der Waals surface area contributed by atoms with Gasteiger partial charge in [0.2, 0.25) is 12.9 Å². The van der Waals surface area contributed by atoms with Crippen LogP contribution in [0.2, 0.25) is 0 Å². The molecule has 0 fully saturated rings. The Hall–Kier alpha value is -1.45. The molecule has 4 heteroatoms. The van der Waals surface area contributed by atoms with E-state index in [1.54, 1.807) is 0 Å². The van der Waals surface area contributed by atoms with E-state index >= 15 is 0 Å². The fourth-order valence-electron chi connectivity index (χ4n) is 1.31. The molecule has 0 spiro atoms. The maximum atomic E-state index is 5.19. The zero-order valence-corrected chi connectivity index (χ0v) is 5.61. The molecule has 2 bridgehead atoms. The van der Waals surface area contributed by atoms with Crippen LogP contribution in [0.15, 0.2) is 28.8 Å². The lowest BCUT2D eigenvalue weighted by Gasteiger charge is -2.20. The van der Waals surface area contributed by atoms with Crippen LogP contribution in [0, 0.1) is 0 Å². The molecule has 4 rings (SSSR count). The monoisotopic (exact) mass is 151 g/mol. The predicted octanol–water partition coefficient (Wildman–Crippen LogP) is 0.527. The van der Waals surface area contributed by atoms with Gasteiger partial charge in [-0.25, -0.2) is 0 Å². The van der Waals surface area contributed by atoms with Crippen molar-refractivity contribution >= 4 is 5.71 Å². The van der Waals surface area contributed by atoms with E-state index in [-0.39, 0.29) is 12.9 Å². The van der Waals surface area contributed by atoms with Gasteiger partial charge in [-0.15, -0.1) is 0 Å². The highest BCUT2D eigenvalue weighted by atomic mass is 16.7. The van der Waals surface area contributed by atoms with E-state index in [0.29, 0.717) is 0 Å². The first-order valence-electron chi connectivity index (χ1n) is 3.37. The summed E-state index contributed by atoms with van der Waals surface area (Å²) in [5.41, 5.74) is 0.722. The average Bonchev–Trinajstić information content (AvgIpc) is 2.55.